The number of hydrogen-bond donors (Lipinski definition) is 1. The van der Waals surface area contributed by atoms with Gasteiger partial charge in [0.15, 0.2) is 0 Å². The van der Waals surface area contributed by atoms with Gasteiger partial charge in [0.1, 0.15) is 5.75 Å². The van der Waals surface area contributed by atoms with Gasteiger partial charge in [-0.2, -0.15) is 11.8 Å². The van der Waals surface area contributed by atoms with E-state index in [4.69, 9.17) is 0 Å². The predicted octanol–water partition coefficient (Wildman–Crippen LogP) is 6.02. The van der Waals surface area contributed by atoms with Gasteiger partial charge in [0, 0.05) is 5.75 Å². The summed E-state index contributed by atoms with van der Waals surface area (Å²) in [6.07, 6.45) is 2.53. The van der Waals surface area contributed by atoms with Crippen molar-refractivity contribution in [3.63, 3.8) is 0 Å². The summed E-state index contributed by atoms with van der Waals surface area (Å²) >= 11 is 1.99. The molecule has 0 aliphatic rings. The van der Waals surface area contributed by atoms with E-state index >= 15 is 0 Å². The maximum atomic E-state index is 10.7. The van der Waals surface area contributed by atoms with Gasteiger partial charge in [-0.15, -0.1) is 0 Å². The third-order valence-electron chi connectivity index (χ3n) is 3.70. The second kappa shape index (κ2) is 7.09. The highest BCUT2D eigenvalue weighted by molar-refractivity contribution is 7.98. The van der Waals surface area contributed by atoms with Crippen LogP contribution in [0.25, 0.3) is 0 Å². The van der Waals surface area contributed by atoms with Crippen molar-refractivity contribution in [1.29, 1.82) is 0 Å². The molecule has 0 aromatic heterocycles. The van der Waals surface area contributed by atoms with Gasteiger partial charge in [0.2, 0.25) is 0 Å². The number of phenols is 1. The van der Waals surface area contributed by atoms with E-state index in [0.29, 0.717) is 5.75 Å². The molecule has 0 saturated carbocycles. The fourth-order valence-corrected chi connectivity index (χ4v) is 3.40. The predicted molar refractivity (Wildman–Crippen MR) is 96.6 cm³/mol. The first-order chi connectivity index (χ1) is 9.57. The van der Waals surface area contributed by atoms with Gasteiger partial charge in [-0.1, -0.05) is 67.0 Å². The van der Waals surface area contributed by atoms with E-state index in [2.05, 4.69) is 60.6 Å². The number of thioether (sulfide) groups is 1. The monoisotopic (exact) mass is 308 g/mol. The molecule has 0 aliphatic carbocycles. The van der Waals surface area contributed by atoms with Crippen LogP contribution in [0.5, 0.6) is 5.75 Å². The lowest BCUT2D eigenvalue weighted by atomic mass is 9.78. The lowest BCUT2D eigenvalue weighted by Crippen LogP contribution is -2.17. The minimum atomic E-state index is -0.0336. The first-order valence-electron chi connectivity index (χ1n) is 8.02. The molecular formula is C19H32OS. The van der Waals surface area contributed by atoms with E-state index in [9.17, 15) is 5.11 Å². The summed E-state index contributed by atoms with van der Waals surface area (Å²) in [5.41, 5.74) is 3.41. The average Bonchev–Trinajstić information content (AvgIpc) is 2.33. The van der Waals surface area contributed by atoms with Gasteiger partial charge in [-0.05, 0) is 39.7 Å². The van der Waals surface area contributed by atoms with Gasteiger partial charge >= 0.3 is 0 Å². The molecule has 0 heterocycles. The first kappa shape index (κ1) is 18.4. The van der Waals surface area contributed by atoms with E-state index < -0.39 is 0 Å². The molecule has 0 atom stereocenters. The zero-order valence-electron chi connectivity index (χ0n) is 14.8. The SMILES string of the molecule is CCCCSCc1cc(C(C)(C)C)c(O)c(C(C)(C)C)c1. The van der Waals surface area contributed by atoms with Crippen molar-refractivity contribution in [3.05, 3.63) is 28.8 Å². The molecule has 1 aromatic carbocycles. The van der Waals surface area contributed by atoms with Gasteiger partial charge in [-0.25, -0.2) is 0 Å². The third-order valence-corrected chi connectivity index (χ3v) is 4.81. The van der Waals surface area contributed by atoms with Crippen molar-refractivity contribution in [2.45, 2.75) is 77.9 Å². The summed E-state index contributed by atoms with van der Waals surface area (Å²) in [7, 11) is 0. The lowest BCUT2D eigenvalue weighted by Gasteiger charge is -2.28. The fourth-order valence-electron chi connectivity index (χ4n) is 2.36. The second-order valence-electron chi connectivity index (χ2n) is 7.95. The van der Waals surface area contributed by atoms with E-state index in [0.717, 1.165) is 16.9 Å². The number of hydrogen-bond acceptors (Lipinski definition) is 2. The molecule has 1 nitrogen and oxygen atoms in total. The second-order valence-corrected chi connectivity index (χ2v) is 9.05. The molecular weight excluding hydrogens is 276 g/mol. The summed E-state index contributed by atoms with van der Waals surface area (Å²) in [5.74, 6) is 2.73. The van der Waals surface area contributed by atoms with E-state index in [1.807, 2.05) is 11.8 Å². The topological polar surface area (TPSA) is 20.2 Å². The van der Waals surface area contributed by atoms with Crippen LogP contribution in [-0.4, -0.2) is 10.9 Å². The Labute approximate surface area is 135 Å². The van der Waals surface area contributed by atoms with Crippen LogP contribution < -0.4 is 0 Å². The van der Waals surface area contributed by atoms with Crippen molar-refractivity contribution < 1.29 is 5.11 Å². The van der Waals surface area contributed by atoms with Crippen LogP contribution in [-0.2, 0) is 16.6 Å². The highest BCUT2D eigenvalue weighted by atomic mass is 32.2. The summed E-state index contributed by atoms with van der Waals surface area (Å²) in [6, 6.07) is 4.40. The minimum absolute atomic E-state index is 0.0336. The summed E-state index contributed by atoms with van der Waals surface area (Å²) in [4.78, 5) is 0. The Bertz CT molecular complexity index is 428. The van der Waals surface area contributed by atoms with Crippen LogP contribution in [0, 0.1) is 0 Å². The van der Waals surface area contributed by atoms with E-state index in [-0.39, 0.29) is 10.8 Å². The molecule has 21 heavy (non-hydrogen) atoms. The number of benzene rings is 1. The van der Waals surface area contributed by atoms with Crippen molar-refractivity contribution in [2.75, 3.05) is 5.75 Å². The molecule has 0 bridgehead atoms. The van der Waals surface area contributed by atoms with Crippen molar-refractivity contribution in [3.8, 4) is 5.75 Å². The largest absolute Gasteiger partial charge is 0.507 e. The number of rotatable bonds is 5. The molecule has 0 fully saturated rings. The van der Waals surface area contributed by atoms with Crippen LogP contribution >= 0.6 is 11.8 Å². The Kier molecular flexibility index (Phi) is 6.22. The number of unbranched alkanes of at least 4 members (excludes halogenated alkanes) is 1. The highest BCUT2D eigenvalue weighted by Crippen LogP contribution is 2.40. The van der Waals surface area contributed by atoms with Crippen molar-refractivity contribution in [1.82, 2.24) is 0 Å². The molecule has 120 valence electrons. The fraction of sp³-hybridized carbons (Fsp3) is 0.684. The third kappa shape index (κ3) is 5.25. The quantitative estimate of drug-likeness (QED) is 0.671. The van der Waals surface area contributed by atoms with Crippen LogP contribution in [0.15, 0.2) is 12.1 Å². The van der Waals surface area contributed by atoms with Gasteiger partial charge in [-0.3, -0.25) is 0 Å². The van der Waals surface area contributed by atoms with Gasteiger partial charge < -0.3 is 5.11 Å². The van der Waals surface area contributed by atoms with Crippen LogP contribution in [0.3, 0.4) is 0 Å². The molecule has 0 aliphatic heterocycles. The molecule has 0 unspecified atom stereocenters. The zero-order valence-corrected chi connectivity index (χ0v) is 15.7. The van der Waals surface area contributed by atoms with Crippen LogP contribution in [0.2, 0.25) is 0 Å². The highest BCUT2D eigenvalue weighted by Gasteiger charge is 2.26. The molecule has 1 N–H and O–H groups in total. The molecule has 0 spiro atoms. The molecule has 2 heteroatoms. The van der Waals surface area contributed by atoms with Gasteiger partial charge in [0.05, 0.1) is 0 Å². The molecule has 0 saturated heterocycles. The van der Waals surface area contributed by atoms with Gasteiger partial charge in [0.25, 0.3) is 0 Å². The number of aromatic hydroxyl groups is 1. The molecule has 0 radical (unpaired) electrons. The standard InChI is InChI=1S/C19H32OS/c1-8-9-10-21-13-14-11-15(18(2,3)4)17(20)16(12-14)19(5,6)7/h11-12,20H,8-10,13H2,1-7H3. The smallest absolute Gasteiger partial charge is 0.123 e. The van der Waals surface area contributed by atoms with Crippen molar-refractivity contribution in [2.24, 2.45) is 0 Å². The summed E-state index contributed by atoms with van der Waals surface area (Å²) in [6.45, 7) is 15.2. The maximum absolute atomic E-state index is 10.7. The summed E-state index contributed by atoms with van der Waals surface area (Å²) < 4.78 is 0. The average molecular weight is 309 g/mol. The van der Waals surface area contributed by atoms with Crippen molar-refractivity contribution >= 4 is 11.8 Å². The Balaban J connectivity index is 3.15. The van der Waals surface area contributed by atoms with Crippen LogP contribution in [0.4, 0.5) is 0 Å². The first-order valence-corrected chi connectivity index (χ1v) is 9.17. The zero-order chi connectivity index (χ0) is 16.3. The summed E-state index contributed by atoms with van der Waals surface area (Å²) in [5, 5.41) is 10.7. The minimum Gasteiger partial charge on any atom is -0.507 e. The Morgan fingerprint density at radius 3 is 1.81 bits per heavy atom. The number of phenolic OH excluding ortho intramolecular Hbond substituents is 1. The lowest BCUT2D eigenvalue weighted by molar-refractivity contribution is 0.423. The Morgan fingerprint density at radius 1 is 0.952 bits per heavy atom. The van der Waals surface area contributed by atoms with E-state index in [1.54, 1.807) is 0 Å². The van der Waals surface area contributed by atoms with E-state index in [1.165, 1.54) is 24.2 Å². The molecule has 0 amide bonds. The Hall–Kier alpha value is -0.630. The van der Waals surface area contributed by atoms with Crippen LogP contribution in [0.1, 0.15) is 78.0 Å². The Morgan fingerprint density at radius 2 is 1.43 bits per heavy atom. The molecule has 1 aromatic rings. The molecule has 1 rings (SSSR count). The maximum Gasteiger partial charge on any atom is 0.123 e. The normalized spacial score (nSPS) is 12.7.